The summed E-state index contributed by atoms with van der Waals surface area (Å²) in [7, 11) is 0. The van der Waals surface area contributed by atoms with Crippen molar-refractivity contribution in [2.45, 2.75) is 6.54 Å². The van der Waals surface area contributed by atoms with Crippen LogP contribution in [-0.2, 0) is 6.54 Å². The first-order chi connectivity index (χ1) is 10.6. The Bertz CT molecular complexity index is 667. The molecule has 0 bridgehead atoms. The van der Waals surface area contributed by atoms with Gasteiger partial charge in [-0.3, -0.25) is 14.8 Å². The van der Waals surface area contributed by atoms with Crippen LogP contribution in [0, 0.1) is 5.82 Å². The molecule has 1 fully saturated rings. The number of aromatic nitrogens is 2. The van der Waals surface area contributed by atoms with Crippen LogP contribution in [0.3, 0.4) is 0 Å². The standard InChI is InChI=1S/C15H16BrFN4O/c16-13-9-18-19-14(13)15(22)21-6-4-20(5-7-21)10-11-2-1-3-12(17)8-11/h1-3,8-9H,4-7,10H2,(H,18,19). The number of aromatic amines is 1. The van der Waals surface area contributed by atoms with Gasteiger partial charge in [0.15, 0.2) is 0 Å². The Kier molecular flexibility index (Phi) is 4.54. The molecule has 1 aromatic carbocycles. The molecule has 0 atom stereocenters. The molecule has 2 heterocycles. The fourth-order valence-electron chi connectivity index (χ4n) is 2.58. The molecule has 0 radical (unpaired) electrons. The lowest BCUT2D eigenvalue weighted by Crippen LogP contribution is -2.48. The van der Waals surface area contributed by atoms with Crippen molar-refractivity contribution in [3.05, 3.63) is 52.0 Å². The van der Waals surface area contributed by atoms with Gasteiger partial charge in [0.25, 0.3) is 5.91 Å². The number of hydrogen-bond acceptors (Lipinski definition) is 3. The Morgan fingerprint density at radius 2 is 2.09 bits per heavy atom. The number of carbonyl (C=O) groups is 1. The molecule has 5 nitrogen and oxygen atoms in total. The van der Waals surface area contributed by atoms with Crippen molar-refractivity contribution in [3.63, 3.8) is 0 Å². The van der Waals surface area contributed by atoms with Crippen molar-refractivity contribution in [2.24, 2.45) is 0 Å². The van der Waals surface area contributed by atoms with Crippen molar-refractivity contribution in [2.75, 3.05) is 26.2 Å². The number of halogens is 2. The van der Waals surface area contributed by atoms with Gasteiger partial charge in [0.05, 0.1) is 10.7 Å². The van der Waals surface area contributed by atoms with Crippen LogP contribution < -0.4 is 0 Å². The summed E-state index contributed by atoms with van der Waals surface area (Å²) >= 11 is 3.31. The summed E-state index contributed by atoms with van der Waals surface area (Å²) in [5, 5.41) is 6.57. The lowest BCUT2D eigenvalue weighted by Gasteiger charge is -2.34. The van der Waals surface area contributed by atoms with E-state index in [4.69, 9.17) is 0 Å². The molecule has 3 rings (SSSR count). The van der Waals surface area contributed by atoms with Gasteiger partial charge in [0.1, 0.15) is 11.5 Å². The minimum absolute atomic E-state index is 0.0465. The highest BCUT2D eigenvalue weighted by molar-refractivity contribution is 9.10. The fourth-order valence-corrected chi connectivity index (χ4v) is 2.94. The molecule has 1 saturated heterocycles. The molecule has 0 saturated carbocycles. The van der Waals surface area contributed by atoms with Crippen LogP contribution in [0.2, 0.25) is 0 Å². The van der Waals surface area contributed by atoms with Gasteiger partial charge in [0, 0.05) is 32.7 Å². The first-order valence-electron chi connectivity index (χ1n) is 7.08. The number of nitrogens with zero attached hydrogens (tertiary/aromatic N) is 3. The Morgan fingerprint density at radius 1 is 1.32 bits per heavy atom. The summed E-state index contributed by atoms with van der Waals surface area (Å²) in [6.07, 6.45) is 1.58. The molecule has 0 unspecified atom stereocenters. The number of rotatable bonds is 3. The molecule has 1 amide bonds. The highest BCUT2D eigenvalue weighted by atomic mass is 79.9. The Balaban J connectivity index is 1.56. The van der Waals surface area contributed by atoms with E-state index in [-0.39, 0.29) is 11.7 Å². The van der Waals surface area contributed by atoms with E-state index in [1.54, 1.807) is 23.2 Å². The zero-order valence-electron chi connectivity index (χ0n) is 11.9. The Morgan fingerprint density at radius 3 is 2.73 bits per heavy atom. The second-order valence-corrected chi connectivity index (χ2v) is 6.15. The lowest BCUT2D eigenvalue weighted by molar-refractivity contribution is 0.0621. The number of amides is 1. The van der Waals surface area contributed by atoms with E-state index >= 15 is 0 Å². The Labute approximate surface area is 136 Å². The van der Waals surface area contributed by atoms with Gasteiger partial charge in [-0.1, -0.05) is 12.1 Å². The highest BCUT2D eigenvalue weighted by Crippen LogP contribution is 2.17. The molecule has 1 N–H and O–H groups in total. The lowest BCUT2D eigenvalue weighted by atomic mass is 10.2. The van der Waals surface area contributed by atoms with E-state index in [0.29, 0.717) is 29.8 Å². The summed E-state index contributed by atoms with van der Waals surface area (Å²) < 4.78 is 13.9. The van der Waals surface area contributed by atoms with Crippen LogP contribution in [0.5, 0.6) is 0 Å². The maximum atomic E-state index is 13.2. The zero-order valence-corrected chi connectivity index (χ0v) is 13.5. The third-order valence-corrected chi connectivity index (χ3v) is 4.36. The van der Waals surface area contributed by atoms with Crippen molar-refractivity contribution < 1.29 is 9.18 Å². The smallest absolute Gasteiger partial charge is 0.273 e. The summed E-state index contributed by atoms with van der Waals surface area (Å²) in [5.74, 6) is -0.259. The van der Waals surface area contributed by atoms with Gasteiger partial charge in [0.2, 0.25) is 0 Å². The molecular weight excluding hydrogens is 351 g/mol. The summed E-state index contributed by atoms with van der Waals surface area (Å²) in [6.45, 7) is 3.55. The van der Waals surface area contributed by atoms with Crippen LogP contribution in [0.25, 0.3) is 0 Å². The van der Waals surface area contributed by atoms with Gasteiger partial charge >= 0.3 is 0 Å². The molecule has 116 valence electrons. The zero-order chi connectivity index (χ0) is 15.5. The monoisotopic (exact) mass is 366 g/mol. The van der Waals surface area contributed by atoms with E-state index in [1.807, 2.05) is 6.07 Å². The summed E-state index contributed by atoms with van der Waals surface area (Å²) in [4.78, 5) is 16.4. The van der Waals surface area contributed by atoms with Gasteiger partial charge in [-0.2, -0.15) is 5.10 Å². The minimum atomic E-state index is -0.213. The highest BCUT2D eigenvalue weighted by Gasteiger charge is 2.24. The molecule has 1 aliphatic rings. The second kappa shape index (κ2) is 6.58. The molecule has 1 aliphatic heterocycles. The van der Waals surface area contributed by atoms with Crippen LogP contribution in [0.1, 0.15) is 16.1 Å². The largest absolute Gasteiger partial charge is 0.335 e. The number of piperazine rings is 1. The second-order valence-electron chi connectivity index (χ2n) is 5.29. The maximum Gasteiger partial charge on any atom is 0.273 e. The van der Waals surface area contributed by atoms with Crippen molar-refractivity contribution >= 4 is 21.8 Å². The number of hydrogen-bond donors (Lipinski definition) is 1. The van der Waals surface area contributed by atoms with E-state index in [1.165, 1.54) is 6.07 Å². The summed E-state index contributed by atoms with van der Waals surface area (Å²) in [5.41, 5.74) is 1.44. The Hall–Kier alpha value is -1.73. The van der Waals surface area contributed by atoms with Crippen LogP contribution in [0.4, 0.5) is 4.39 Å². The molecule has 1 aromatic heterocycles. The third-order valence-electron chi connectivity index (χ3n) is 3.76. The van der Waals surface area contributed by atoms with Crippen molar-refractivity contribution in [1.29, 1.82) is 0 Å². The average Bonchev–Trinajstić information content (AvgIpc) is 2.93. The fraction of sp³-hybridized carbons (Fsp3) is 0.333. The number of nitrogens with one attached hydrogen (secondary N) is 1. The van der Waals surface area contributed by atoms with E-state index < -0.39 is 0 Å². The van der Waals surface area contributed by atoms with Gasteiger partial charge in [-0.25, -0.2) is 4.39 Å². The first-order valence-corrected chi connectivity index (χ1v) is 7.88. The van der Waals surface area contributed by atoms with Crippen LogP contribution in [0.15, 0.2) is 34.9 Å². The van der Waals surface area contributed by atoms with E-state index in [9.17, 15) is 9.18 Å². The van der Waals surface area contributed by atoms with Gasteiger partial charge in [-0.15, -0.1) is 0 Å². The first kappa shape index (κ1) is 15.2. The van der Waals surface area contributed by atoms with Crippen molar-refractivity contribution in [1.82, 2.24) is 20.0 Å². The molecule has 22 heavy (non-hydrogen) atoms. The quantitative estimate of drug-likeness (QED) is 0.906. The van der Waals surface area contributed by atoms with Crippen molar-refractivity contribution in [3.8, 4) is 0 Å². The molecule has 0 spiro atoms. The normalized spacial score (nSPS) is 16.0. The predicted octanol–water partition coefficient (Wildman–Crippen LogP) is 2.27. The molecule has 2 aromatic rings. The number of carbonyl (C=O) groups excluding carboxylic acids is 1. The maximum absolute atomic E-state index is 13.2. The molecule has 0 aliphatic carbocycles. The number of benzene rings is 1. The van der Waals surface area contributed by atoms with Crippen LogP contribution >= 0.6 is 15.9 Å². The van der Waals surface area contributed by atoms with E-state index in [2.05, 4.69) is 31.0 Å². The number of H-pyrrole nitrogens is 1. The third kappa shape index (κ3) is 3.36. The average molecular weight is 367 g/mol. The predicted molar refractivity (Wildman–Crippen MR) is 83.9 cm³/mol. The molecule has 7 heteroatoms. The SMILES string of the molecule is O=C(c1[nH]ncc1Br)N1CCN(Cc2cccc(F)c2)CC1. The minimum Gasteiger partial charge on any atom is -0.335 e. The molecular formula is C15H16BrFN4O. The topological polar surface area (TPSA) is 52.2 Å². The van der Waals surface area contributed by atoms with Gasteiger partial charge < -0.3 is 4.90 Å². The van der Waals surface area contributed by atoms with E-state index in [0.717, 1.165) is 18.7 Å². The van der Waals surface area contributed by atoms with Gasteiger partial charge in [-0.05, 0) is 33.6 Å². The summed E-state index contributed by atoms with van der Waals surface area (Å²) in [6, 6.07) is 6.64. The van der Waals surface area contributed by atoms with Crippen LogP contribution in [-0.4, -0.2) is 52.1 Å².